The van der Waals surface area contributed by atoms with Crippen molar-refractivity contribution in [3.05, 3.63) is 30.3 Å². The molecule has 2 heteroatoms. The molecule has 2 aliphatic heterocycles. The van der Waals surface area contributed by atoms with Gasteiger partial charge < -0.3 is 0 Å². The highest BCUT2D eigenvalue weighted by Gasteiger charge is 2.34. The third-order valence-electron chi connectivity index (χ3n) is 6.31. The van der Waals surface area contributed by atoms with Crippen LogP contribution in [0.15, 0.2) is 30.3 Å². The minimum Gasteiger partial charge on any atom is -0.125 e. The van der Waals surface area contributed by atoms with Gasteiger partial charge in [-0.15, -0.1) is 11.5 Å². The van der Waals surface area contributed by atoms with Crippen molar-refractivity contribution in [2.24, 2.45) is 5.92 Å². The van der Waals surface area contributed by atoms with E-state index in [4.69, 9.17) is 0 Å². The van der Waals surface area contributed by atoms with E-state index in [2.05, 4.69) is 55.6 Å². The van der Waals surface area contributed by atoms with E-state index < -0.39 is 8.07 Å². The van der Waals surface area contributed by atoms with Gasteiger partial charge in [-0.3, -0.25) is 0 Å². The van der Waals surface area contributed by atoms with Gasteiger partial charge in [0, 0.05) is 5.92 Å². The van der Waals surface area contributed by atoms with Gasteiger partial charge in [-0.25, -0.2) is 0 Å². The van der Waals surface area contributed by atoms with Gasteiger partial charge in [0.1, 0.15) is 7.28 Å². The van der Waals surface area contributed by atoms with Crippen molar-refractivity contribution < 1.29 is 0 Å². The first-order valence-electron chi connectivity index (χ1n) is 9.35. The maximum atomic E-state index is 3.91. The second-order valence-corrected chi connectivity index (χ2v) is 11.8. The van der Waals surface area contributed by atoms with Crippen LogP contribution in [0.3, 0.4) is 0 Å². The fourth-order valence-electron chi connectivity index (χ4n) is 4.70. The number of hydrogen-bond acceptors (Lipinski definition) is 0. The van der Waals surface area contributed by atoms with Crippen LogP contribution in [0.1, 0.15) is 46.0 Å². The fraction of sp³-hybridized carbons (Fsp3) is 0.600. The van der Waals surface area contributed by atoms with Gasteiger partial charge >= 0.3 is 0 Å². The normalized spacial score (nSPS) is 27.5. The van der Waals surface area contributed by atoms with Crippen LogP contribution < -0.4 is 5.19 Å². The first-order chi connectivity index (χ1) is 10.8. The molecule has 0 amide bonds. The third kappa shape index (κ3) is 3.20. The van der Waals surface area contributed by atoms with E-state index >= 15 is 0 Å². The summed E-state index contributed by atoms with van der Waals surface area (Å²) in [5.74, 6) is 6.48. The molecular formula is C20H29BSi. The average Bonchev–Trinajstić information content (AvgIpc) is 2.59. The molecule has 0 saturated carbocycles. The standard InChI is InChI=1S/C20H29BSi/c1-3-22(4-2,19-10-6-5-7-11-19)16-15-17-13-14-18-9-8-12-20(17)21-18/h5-7,10-11,17-18,20-21H,3-4,8-9,12-14H2,1-2H3. The molecule has 0 aliphatic carbocycles. The van der Waals surface area contributed by atoms with E-state index in [1.165, 1.54) is 51.5 Å². The zero-order chi connectivity index (χ0) is 15.4. The van der Waals surface area contributed by atoms with Crippen LogP contribution >= 0.6 is 0 Å². The van der Waals surface area contributed by atoms with Gasteiger partial charge in [0.15, 0.2) is 8.07 Å². The maximum Gasteiger partial charge on any atom is 0.168 e. The number of rotatable bonds is 3. The van der Waals surface area contributed by atoms with Crippen molar-refractivity contribution in [2.75, 3.05) is 0 Å². The lowest BCUT2D eigenvalue weighted by Gasteiger charge is -2.37. The topological polar surface area (TPSA) is 0 Å². The van der Waals surface area contributed by atoms with Crippen LogP contribution in [0, 0.1) is 17.4 Å². The van der Waals surface area contributed by atoms with E-state index in [-0.39, 0.29) is 0 Å². The Bertz CT molecular complexity index is 538. The van der Waals surface area contributed by atoms with Crippen LogP contribution in [-0.2, 0) is 0 Å². The van der Waals surface area contributed by atoms with Crippen molar-refractivity contribution in [1.29, 1.82) is 0 Å². The second-order valence-electron chi connectivity index (χ2n) is 7.40. The molecule has 1 aromatic carbocycles. The Hall–Kier alpha value is -0.938. The van der Waals surface area contributed by atoms with Crippen molar-refractivity contribution in [3.8, 4) is 11.5 Å². The van der Waals surface area contributed by atoms with Crippen LogP contribution in [0.5, 0.6) is 0 Å². The second kappa shape index (κ2) is 7.09. The van der Waals surface area contributed by atoms with E-state index in [9.17, 15) is 0 Å². The summed E-state index contributed by atoms with van der Waals surface area (Å²) in [6.07, 6.45) is 7.19. The highest BCUT2D eigenvalue weighted by molar-refractivity contribution is 6.98. The molecule has 2 bridgehead atoms. The van der Waals surface area contributed by atoms with Crippen molar-refractivity contribution in [3.63, 3.8) is 0 Å². The van der Waals surface area contributed by atoms with Gasteiger partial charge in [0.2, 0.25) is 0 Å². The van der Waals surface area contributed by atoms with Gasteiger partial charge in [0.25, 0.3) is 0 Å². The minimum absolute atomic E-state index is 0.699. The van der Waals surface area contributed by atoms with Gasteiger partial charge in [0.05, 0.1) is 0 Å². The zero-order valence-corrected chi connectivity index (χ0v) is 15.3. The molecule has 2 fully saturated rings. The van der Waals surface area contributed by atoms with Crippen molar-refractivity contribution in [2.45, 2.75) is 69.7 Å². The summed E-state index contributed by atoms with van der Waals surface area (Å²) in [4.78, 5) is 0. The van der Waals surface area contributed by atoms with E-state index in [1.54, 1.807) is 5.19 Å². The molecule has 1 aromatic rings. The Morgan fingerprint density at radius 1 is 1.05 bits per heavy atom. The molecule has 0 nitrogen and oxygen atoms in total. The predicted molar refractivity (Wildman–Crippen MR) is 102 cm³/mol. The average molecular weight is 308 g/mol. The quantitative estimate of drug-likeness (QED) is 0.568. The highest BCUT2D eigenvalue weighted by atomic mass is 28.3. The summed E-state index contributed by atoms with van der Waals surface area (Å²) < 4.78 is 0. The van der Waals surface area contributed by atoms with E-state index in [1.807, 2.05) is 0 Å². The number of fused-ring (bicyclic) bond motifs is 2. The first-order valence-corrected chi connectivity index (χ1v) is 11.8. The molecular weight excluding hydrogens is 279 g/mol. The van der Waals surface area contributed by atoms with Gasteiger partial charge in [-0.05, 0) is 23.7 Å². The van der Waals surface area contributed by atoms with Gasteiger partial charge in [-0.1, -0.05) is 81.5 Å². The highest BCUT2D eigenvalue weighted by Crippen LogP contribution is 2.44. The smallest absolute Gasteiger partial charge is 0.125 e. The Labute approximate surface area is 138 Å². The van der Waals surface area contributed by atoms with Crippen LogP contribution in [-0.4, -0.2) is 15.4 Å². The van der Waals surface area contributed by atoms with E-state index in [0.717, 1.165) is 11.6 Å². The molecule has 0 aromatic heterocycles. The molecule has 0 spiro atoms. The lowest BCUT2D eigenvalue weighted by atomic mass is 9.41. The summed E-state index contributed by atoms with van der Waals surface area (Å²) in [5, 5.41) is 1.55. The van der Waals surface area contributed by atoms with Gasteiger partial charge in [-0.2, -0.15) is 0 Å². The Balaban J connectivity index is 1.83. The zero-order valence-electron chi connectivity index (χ0n) is 14.3. The maximum absolute atomic E-state index is 3.91. The Morgan fingerprint density at radius 3 is 2.55 bits per heavy atom. The molecule has 2 aliphatic rings. The van der Waals surface area contributed by atoms with Crippen LogP contribution in [0.2, 0.25) is 23.7 Å². The molecule has 0 radical (unpaired) electrons. The van der Waals surface area contributed by atoms with Crippen LogP contribution in [0.4, 0.5) is 0 Å². The first kappa shape index (κ1) is 15.9. The summed E-state index contributed by atoms with van der Waals surface area (Å²) in [6.45, 7) is 4.71. The summed E-state index contributed by atoms with van der Waals surface area (Å²) >= 11 is 0. The van der Waals surface area contributed by atoms with Crippen LogP contribution in [0.25, 0.3) is 0 Å². The predicted octanol–water partition coefficient (Wildman–Crippen LogP) is 4.53. The summed E-state index contributed by atoms with van der Waals surface area (Å²) in [6, 6.07) is 13.7. The molecule has 3 atom stereocenters. The number of hydrogen-bond donors (Lipinski definition) is 0. The minimum atomic E-state index is -1.61. The molecule has 22 heavy (non-hydrogen) atoms. The fourth-order valence-corrected chi connectivity index (χ4v) is 7.80. The molecule has 3 rings (SSSR count). The van der Waals surface area contributed by atoms with E-state index in [0.29, 0.717) is 5.92 Å². The Kier molecular flexibility index (Phi) is 5.14. The monoisotopic (exact) mass is 308 g/mol. The molecule has 0 N–H and O–H groups in total. The summed E-state index contributed by atoms with van der Waals surface area (Å²) in [7, 11) is -0.136. The number of benzene rings is 1. The summed E-state index contributed by atoms with van der Waals surface area (Å²) in [5.41, 5.74) is 3.91. The Morgan fingerprint density at radius 2 is 1.82 bits per heavy atom. The molecule has 3 unspecified atom stereocenters. The third-order valence-corrected chi connectivity index (χ3v) is 10.8. The SMILES string of the molecule is CC[Si](C#CC1CCC2BC1CCC2)(CC)c1ccccc1. The lowest BCUT2D eigenvalue weighted by molar-refractivity contribution is 0.399. The van der Waals surface area contributed by atoms with Crippen molar-refractivity contribution in [1.82, 2.24) is 0 Å². The lowest BCUT2D eigenvalue weighted by Crippen LogP contribution is -2.45. The molecule has 116 valence electrons. The molecule has 2 heterocycles. The largest absolute Gasteiger partial charge is 0.168 e. The molecule has 2 saturated heterocycles. The van der Waals surface area contributed by atoms with Crippen molar-refractivity contribution >= 4 is 20.5 Å².